The third kappa shape index (κ3) is 1.97. The fraction of sp³-hybridized carbons (Fsp3) is 0.500. The molecule has 1 aliphatic rings. The Morgan fingerprint density at radius 2 is 2.29 bits per heavy atom. The standard InChI is InChI=1S/C12H17NO/c1-13-8-10-6-7-14-9-11-4-2-3-5-12(10)11/h2-5,10,13H,6-9H2,1H3. The van der Waals surface area contributed by atoms with Crippen LogP contribution in [0.1, 0.15) is 23.5 Å². The van der Waals surface area contributed by atoms with Crippen molar-refractivity contribution in [1.29, 1.82) is 0 Å². The van der Waals surface area contributed by atoms with Gasteiger partial charge in [0.1, 0.15) is 0 Å². The molecule has 0 aromatic heterocycles. The van der Waals surface area contributed by atoms with Crippen molar-refractivity contribution in [2.24, 2.45) is 0 Å². The average molecular weight is 191 g/mol. The van der Waals surface area contributed by atoms with Crippen LogP contribution >= 0.6 is 0 Å². The zero-order valence-electron chi connectivity index (χ0n) is 8.62. The van der Waals surface area contributed by atoms with Gasteiger partial charge in [0.15, 0.2) is 0 Å². The van der Waals surface area contributed by atoms with Gasteiger partial charge in [0.05, 0.1) is 6.61 Å². The second-order valence-corrected chi connectivity index (χ2v) is 3.79. The van der Waals surface area contributed by atoms with E-state index in [0.29, 0.717) is 5.92 Å². The van der Waals surface area contributed by atoms with Crippen LogP contribution in [0.15, 0.2) is 24.3 Å². The van der Waals surface area contributed by atoms with Crippen LogP contribution in [0.3, 0.4) is 0 Å². The second kappa shape index (κ2) is 4.58. The fourth-order valence-electron chi connectivity index (χ4n) is 2.09. The summed E-state index contributed by atoms with van der Waals surface area (Å²) in [5.41, 5.74) is 2.81. The minimum atomic E-state index is 0.610. The van der Waals surface area contributed by atoms with E-state index in [0.717, 1.165) is 26.2 Å². The zero-order chi connectivity index (χ0) is 9.80. The zero-order valence-corrected chi connectivity index (χ0v) is 8.62. The SMILES string of the molecule is CNCC1CCOCc2ccccc21. The number of nitrogens with one attached hydrogen (secondary N) is 1. The molecule has 1 aliphatic heterocycles. The quantitative estimate of drug-likeness (QED) is 0.771. The van der Waals surface area contributed by atoms with Crippen molar-refractivity contribution in [3.05, 3.63) is 35.4 Å². The van der Waals surface area contributed by atoms with Crippen LogP contribution in [-0.2, 0) is 11.3 Å². The highest BCUT2D eigenvalue weighted by Crippen LogP contribution is 2.26. The number of ether oxygens (including phenoxy) is 1. The Bertz CT molecular complexity index is 298. The molecule has 1 unspecified atom stereocenters. The Hall–Kier alpha value is -0.860. The van der Waals surface area contributed by atoms with Crippen molar-refractivity contribution in [2.45, 2.75) is 18.9 Å². The normalized spacial score (nSPS) is 21.4. The van der Waals surface area contributed by atoms with Crippen LogP contribution in [0.25, 0.3) is 0 Å². The van der Waals surface area contributed by atoms with Gasteiger partial charge in [-0.2, -0.15) is 0 Å². The van der Waals surface area contributed by atoms with Crippen molar-refractivity contribution < 1.29 is 4.74 Å². The average Bonchev–Trinajstić information content (AvgIpc) is 2.42. The molecule has 0 spiro atoms. The summed E-state index contributed by atoms with van der Waals surface area (Å²) in [7, 11) is 2.01. The van der Waals surface area contributed by atoms with Crippen LogP contribution in [0.4, 0.5) is 0 Å². The van der Waals surface area contributed by atoms with E-state index in [4.69, 9.17) is 4.74 Å². The minimum absolute atomic E-state index is 0.610. The number of fused-ring (bicyclic) bond motifs is 1. The number of benzene rings is 1. The Kier molecular flexibility index (Phi) is 3.17. The van der Waals surface area contributed by atoms with Crippen molar-refractivity contribution in [1.82, 2.24) is 5.32 Å². The largest absolute Gasteiger partial charge is 0.377 e. The summed E-state index contributed by atoms with van der Waals surface area (Å²) in [6.45, 7) is 2.69. The monoisotopic (exact) mass is 191 g/mol. The molecular formula is C12H17NO. The van der Waals surface area contributed by atoms with E-state index in [9.17, 15) is 0 Å². The van der Waals surface area contributed by atoms with Gasteiger partial charge in [-0.3, -0.25) is 0 Å². The van der Waals surface area contributed by atoms with Gasteiger partial charge in [0.25, 0.3) is 0 Å². The number of rotatable bonds is 2. The lowest BCUT2D eigenvalue weighted by atomic mass is 9.93. The number of likely N-dealkylation sites (N-methyl/N-ethyl adjacent to an activating group) is 1. The summed E-state index contributed by atoms with van der Waals surface area (Å²) in [5, 5.41) is 3.25. The third-order valence-corrected chi connectivity index (χ3v) is 2.81. The van der Waals surface area contributed by atoms with E-state index in [1.165, 1.54) is 11.1 Å². The van der Waals surface area contributed by atoms with Gasteiger partial charge < -0.3 is 10.1 Å². The fourth-order valence-corrected chi connectivity index (χ4v) is 2.09. The first-order valence-electron chi connectivity index (χ1n) is 5.22. The minimum Gasteiger partial charge on any atom is -0.377 e. The van der Waals surface area contributed by atoms with E-state index in [2.05, 4.69) is 29.6 Å². The molecule has 1 heterocycles. The third-order valence-electron chi connectivity index (χ3n) is 2.81. The molecule has 0 bridgehead atoms. The molecule has 0 saturated heterocycles. The lowest BCUT2D eigenvalue weighted by Gasteiger charge is -2.15. The molecule has 76 valence electrons. The molecule has 0 radical (unpaired) electrons. The van der Waals surface area contributed by atoms with Gasteiger partial charge in [-0.1, -0.05) is 24.3 Å². The second-order valence-electron chi connectivity index (χ2n) is 3.79. The van der Waals surface area contributed by atoms with Gasteiger partial charge in [-0.25, -0.2) is 0 Å². The molecule has 0 fully saturated rings. The van der Waals surface area contributed by atoms with Gasteiger partial charge in [0, 0.05) is 13.2 Å². The Morgan fingerprint density at radius 3 is 3.14 bits per heavy atom. The van der Waals surface area contributed by atoms with Crippen molar-refractivity contribution in [3.8, 4) is 0 Å². The van der Waals surface area contributed by atoms with E-state index in [-0.39, 0.29) is 0 Å². The smallest absolute Gasteiger partial charge is 0.0719 e. The van der Waals surface area contributed by atoms with Gasteiger partial charge in [-0.15, -0.1) is 0 Å². The van der Waals surface area contributed by atoms with Gasteiger partial charge >= 0.3 is 0 Å². The first kappa shape index (κ1) is 9.69. The van der Waals surface area contributed by atoms with Crippen LogP contribution in [0.5, 0.6) is 0 Å². The molecule has 2 rings (SSSR count). The lowest BCUT2D eigenvalue weighted by Crippen LogP contribution is -2.18. The van der Waals surface area contributed by atoms with E-state index >= 15 is 0 Å². The number of hydrogen-bond donors (Lipinski definition) is 1. The first-order chi connectivity index (χ1) is 6.92. The highest BCUT2D eigenvalue weighted by Gasteiger charge is 2.17. The van der Waals surface area contributed by atoms with E-state index in [1.54, 1.807) is 0 Å². The topological polar surface area (TPSA) is 21.3 Å². The first-order valence-corrected chi connectivity index (χ1v) is 5.22. The molecular weight excluding hydrogens is 174 g/mol. The Balaban J connectivity index is 2.27. The maximum atomic E-state index is 5.57. The van der Waals surface area contributed by atoms with Crippen molar-refractivity contribution in [3.63, 3.8) is 0 Å². The van der Waals surface area contributed by atoms with Gasteiger partial charge in [0.2, 0.25) is 0 Å². The molecule has 2 heteroatoms. The predicted octanol–water partition coefficient (Wildman–Crippen LogP) is 1.91. The molecule has 1 N–H and O–H groups in total. The molecule has 1 aromatic carbocycles. The summed E-state index contributed by atoms with van der Waals surface area (Å²) >= 11 is 0. The van der Waals surface area contributed by atoms with Crippen LogP contribution in [0, 0.1) is 0 Å². The molecule has 14 heavy (non-hydrogen) atoms. The summed E-state index contributed by atoms with van der Waals surface area (Å²) < 4.78 is 5.57. The maximum Gasteiger partial charge on any atom is 0.0719 e. The maximum absolute atomic E-state index is 5.57. The van der Waals surface area contributed by atoms with Crippen LogP contribution in [0.2, 0.25) is 0 Å². The molecule has 0 saturated carbocycles. The van der Waals surface area contributed by atoms with Crippen LogP contribution < -0.4 is 5.32 Å². The molecule has 2 nitrogen and oxygen atoms in total. The van der Waals surface area contributed by atoms with E-state index < -0.39 is 0 Å². The van der Waals surface area contributed by atoms with Crippen molar-refractivity contribution >= 4 is 0 Å². The van der Waals surface area contributed by atoms with Crippen molar-refractivity contribution in [2.75, 3.05) is 20.2 Å². The predicted molar refractivity (Wildman–Crippen MR) is 57.4 cm³/mol. The molecule has 1 atom stereocenters. The van der Waals surface area contributed by atoms with Gasteiger partial charge in [-0.05, 0) is 30.5 Å². The van der Waals surface area contributed by atoms with E-state index in [1.807, 2.05) is 7.05 Å². The summed E-state index contributed by atoms with van der Waals surface area (Å²) in [6, 6.07) is 8.60. The molecule has 0 amide bonds. The molecule has 1 aromatic rings. The lowest BCUT2D eigenvalue weighted by molar-refractivity contribution is 0.122. The number of hydrogen-bond acceptors (Lipinski definition) is 2. The van der Waals surface area contributed by atoms with Crippen LogP contribution in [-0.4, -0.2) is 20.2 Å². The Labute approximate surface area is 85.3 Å². The highest BCUT2D eigenvalue weighted by molar-refractivity contribution is 5.30. The summed E-state index contributed by atoms with van der Waals surface area (Å²) in [6.07, 6.45) is 1.12. The summed E-state index contributed by atoms with van der Waals surface area (Å²) in [5.74, 6) is 0.610. The highest BCUT2D eigenvalue weighted by atomic mass is 16.5. The Morgan fingerprint density at radius 1 is 1.43 bits per heavy atom. The molecule has 0 aliphatic carbocycles. The summed E-state index contributed by atoms with van der Waals surface area (Å²) in [4.78, 5) is 0.